The maximum Gasteiger partial charge on any atom is 0.307 e. The Balaban J connectivity index is 2.04. The normalized spacial score (nSPS) is 11.7. The van der Waals surface area contributed by atoms with E-state index in [-0.39, 0.29) is 6.42 Å². The van der Waals surface area contributed by atoms with Crippen molar-refractivity contribution in [3.63, 3.8) is 0 Å². The van der Waals surface area contributed by atoms with Crippen molar-refractivity contribution in [3.8, 4) is 5.75 Å². The lowest BCUT2D eigenvalue weighted by molar-refractivity contribution is -0.136. The quantitative estimate of drug-likeness (QED) is 0.712. The fraction of sp³-hybridized carbons (Fsp3) is 0.348. The fourth-order valence-corrected chi connectivity index (χ4v) is 2.97. The number of ether oxygens (including phenoxy) is 1. The van der Waals surface area contributed by atoms with Crippen LogP contribution in [0.3, 0.4) is 0 Å². The van der Waals surface area contributed by atoms with Crippen molar-refractivity contribution in [2.75, 3.05) is 6.61 Å². The summed E-state index contributed by atoms with van der Waals surface area (Å²) in [5, 5.41) is 9.01. The van der Waals surface area contributed by atoms with Gasteiger partial charge in [-0.25, -0.2) is 0 Å². The van der Waals surface area contributed by atoms with Crippen molar-refractivity contribution >= 4 is 12.0 Å². The summed E-state index contributed by atoms with van der Waals surface area (Å²) >= 11 is 0. The van der Waals surface area contributed by atoms with E-state index < -0.39 is 5.97 Å². The van der Waals surface area contributed by atoms with Crippen LogP contribution in [-0.4, -0.2) is 17.7 Å². The summed E-state index contributed by atoms with van der Waals surface area (Å²) < 4.78 is 5.91. The molecule has 0 amide bonds. The first-order valence-corrected chi connectivity index (χ1v) is 8.98. The van der Waals surface area contributed by atoms with Gasteiger partial charge in [-0.3, -0.25) is 4.79 Å². The monoisotopic (exact) mass is 352 g/mol. The first kappa shape index (κ1) is 19.8. The van der Waals surface area contributed by atoms with Crippen molar-refractivity contribution in [1.82, 2.24) is 0 Å². The topological polar surface area (TPSA) is 46.5 Å². The van der Waals surface area contributed by atoms with Gasteiger partial charge in [0, 0.05) is 0 Å². The number of hydrogen-bond acceptors (Lipinski definition) is 2. The summed E-state index contributed by atoms with van der Waals surface area (Å²) in [6.45, 7) is 10.8. The summed E-state index contributed by atoms with van der Waals surface area (Å²) in [6.07, 6.45) is 2.17. The van der Waals surface area contributed by atoms with Gasteiger partial charge in [0.2, 0.25) is 0 Å². The van der Waals surface area contributed by atoms with Crippen LogP contribution >= 0.6 is 0 Å². The molecule has 0 atom stereocenters. The second kappa shape index (κ2) is 8.70. The van der Waals surface area contributed by atoms with Gasteiger partial charge in [0.05, 0.1) is 6.42 Å². The first-order chi connectivity index (χ1) is 12.3. The number of carboxylic acids is 1. The molecular formula is C23H28O3. The molecule has 0 fully saturated rings. The van der Waals surface area contributed by atoms with Crippen molar-refractivity contribution in [1.29, 1.82) is 0 Å². The molecule has 0 radical (unpaired) electrons. The van der Waals surface area contributed by atoms with Gasteiger partial charge in [-0.05, 0) is 72.2 Å². The van der Waals surface area contributed by atoms with Gasteiger partial charge in [-0.2, -0.15) is 0 Å². The SMILES string of the molecule is CC(=Cc1ccc(C(C)C)cc1)COc1cc(C)c(CC(=O)O)c(C)c1. The summed E-state index contributed by atoms with van der Waals surface area (Å²) in [4.78, 5) is 11.0. The number of rotatable bonds is 7. The third kappa shape index (κ3) is 5.48. The molecule has 3 nitrogen and oxygen atoms in total. The van der Waals surface area contributed by atoms with E-state index in [0.29, 0.717) is 12.5 Å². The minimum atomic E-state index is -0.813. The lowest BCUT2D eigenvalue weighted by Gasteiger charge is -2.13. The molecule has 2 rings (SSSR count). The van der Waals surface area contributed by atoms with E-state index >= 15 is 0 Å². The van der Waals surface area contributed by atoms with E-state index in [0.717, 1.165) is 28.0 Å². The lowest BCUT2D eigenvalue weighted by Crippen LogP contribution is -2.06. The fourth-order valence-electron chi connectivity index (χ4n) is 2.97. The maximum atomic E-state index is 11.0. The Hall–Kier alpha value is -2.55. The van der Waals surface area contributed by atoms with Crippen LogP contribution in [0.5, 0.6) is 5.75 Å². The molecule has 0 saturated carbocycles. The average molecular weight is 352 g/mol. The van der Waals surface area contributed by atoms with Crippen LogP contribution < -0.4 is 4.74 Å². The number of benzene rings is 2. The van der Waals surface area contributed by atoms with E-state index in [1.54, 1.807) is 0 Å². The summed E-state index contributed by atoms with van der Waals surface area (Å²) in [5.74, 6) is 0.497. The van der Waals surface area contributed by atoms with Gasteiger partial charge >= 0.3 is 5.97 Å². The van der Waals surface area contributed by atoms with E-state index in [1.807, 2.05) is 26.0 Å². The first-order valence-electron chi connectivity index (χ1n) is 8.98. The molecule has 26 heavy (non-hydrogen) atoms. The zero-order valence-corrected chi connectivity index (χ0v) is 16.3. The molecule has 0 aliphatic carbocycles. The minimum Gasteiger partial charge on any atom is -0.489 e. The Labute approximate surface area is 156 Å². The Morgan fingerprint density at radius 2 is 1.69 bits per heavy atom. The Bertz CT molecular complexity index is 776. The molecule has 0 bridgehead atoms. The highest BCUT2D eigenvalue weighted by Gasteiger charge is 2.09. The highest BCUT2D eigenvalue weighted by molar-refractivity contribution is 5.71. The molecule has 138 valence electrons. The predicted molar refractivity (Wildman–Crippen MR) is 107 cm³/mol. The van der Waals surface area contributed by atoms with Gasteiger partial charge in [0.1, 0.15) is 12.4 Å². The Morgan fingerprint density at radius 3 is 2.19 bits per heavy atom. The number of hydrogen-bond donors (Lipinski definition) is 1. The van der Waals surface area contributed by atoms with Crippen molar-refractivity contribution in [2.45, 2.75) is 47.0 Å². The van der Waals surface area contributed by atoms with Gasteiger partial charge in [-0.1, -0.05) is 44.2 Å². The summed E-state index contributed by atoms with van der Waals surface area (Å²) in [7, 11) is 0. The zero-order chi connectivity index (χ0) is 19.3. The van der Waals surface area contributed by atoms with Crippen LogP contribution in [0, 0.1) is 13.8 Å². The number of carbonyl (C=O) groups is 1. The van der Waals surface area contributed by atoms with E-state index in [2.05, 4.69) is 51.1 Å². The number of carboxylic acid groups (broad SMARTS) is 1. The molecule has 0 spiro atoms. The van der Waals surface area contributed by atoms with Gasteiger partial charge in [0.25, 0.3) is 0 Å². The second-order valence-electron chi connectivity index (χ2n) is 7.21. The standard InChI is InChI=1S/C23H28O3/c1-15(2)20-8-6-19(7-9-20)10-16(3)14-26-21-11-17(4)22(13-23(24)25)18(5)12-21/h6-12,15H,13-14H2,1-5H3,(H,24,25). The molecule has 2 aromatic carbocycles. The highest BCUT2D eigenvalue weighted by atomic mass is 16.5. The third-order valence-electron chi connectivity index (χ3n) is 4.48. The maximum absolute atomic E-state index is 11.0. The van der Waals surface area contributed by atoms with E-state index in [4.69, 9.17) is 9.84 Å². The number of aryl methyl sites for hydroxylation is 2. The molecule has 1 N–H and O–H groups in total. The molecule has 0 saturated heterocycles. The van der Waals surface area contributed by atoms with Crippen molar-refractivity contribution in [2.24, 2.45) is 0 Å². The predicted octanol–water partition coefficient (Wildman–Crippen LogP) is 5.54. The Morgan fingerprint density at radius 1 is 1.12 bits per heavy atom. The Kier molecular flexibility index (Phi) is 6.62. The largest absolute Gasteiger partial charge is 0.489 e. The van der Waals surface area contributed by atoms with Crippen molar-refractivity contribution < 1.29 is 14.6 Å². The molecule has 0 unspecified atom stereocenters. The zero-order valence-electron chi connectivity index (χ0n) is 16.3. The smallest absolute Gasteiger partial charge is 0.307 e. The van der Waals surface area contributed by atoms with Crippen LogP contribution in [0.25, 0.3) is 6.08 Å². The third-order valence-corrected chi connectivity index (χ3v) is 4.48. The highest BCUT2D eigenvalue weighted by Crippen LogP contribution is 2.23. The molecule has 0 heterocycles. The van der Waals surface area contributed by atoms with Gasteiger partial charge in [-0.15, -0.1) is 0 Å². The summed E-state index contributed by atoms with van der Waals surface area (Å²) in [6, 6.07) is 12.4. The average Bonchev–Trinajstić information content (AvgIpc) is 2.56. The molecule has 3 heteroatoms. The van der Waals surface area contributed by atoms with Gasteiger partial charge in [0.15, 0.2) is 0 Å². The minimum absolute atomic E-state index is 0.0449. The molecule has 2 aromatic rings. The van der Waals surface area contributed by atoms with Crippen LogP contribution in [0.2, 0.25) is 0 Å². The van der Waals surface area contributed by atoms with Crippen LogP contribution in [-0.2, 0) is 11.2 Å². The molecule has 0 aliphatic heterocycles. The molecule has 0 aliphatic rings. The van der Waals surface area contributed by atoms with E-state index in [1.165, 1.54) is 11.1 Å². The van der Waals surface area contributed by atoms with Crippen LogP contribution in [0.4, 0.5) is 0 Å². The van der Waals surface area contributed by atoms with E-state index in [9.17, 15) is 4.79 Å². The van der Waals surface area contributed by atoms with Crippen LogP contribution in [0.1, 0.15) is 54.5 Å². The molecular weight excluding hydrogens is 324 g/mol. The van der Waals surface area contributed by atoms with Gasteiger partial charge < -0.3 is 9.84 Å². The van der Waals surface area contributed by atoms with Crippen molar-refractivity contribution in [3.05, 3.63) is 69.8 Å². The summed E-state index contributed by atoms with van der Waals surface area (Å²) in [5.41, 5.74) is 6.40. The second-order valence-corrected chi connectivity index (χ2v) is 7.21. The molecule has 0 aromatic heterocycles. The number of aliphatic carboxylic acids is 1. The lowest BCUT2D eigenvalue weighted by atomic mass is 9.99. The van der Waals surface area contributed by atoms with Crippen LogP contribution in [0.15, 0.2) is 42.0 Å².